The van der Waals surface area contributed by atoms with E-state index in [-0.39, 0.29) is 25.0 Å². The van der Waals surface area contributed by atoms with Gasteiger partial charge in [0.2, 0.25) is 0 Å². The molecule has 0 aliphatic rings. The highest BCUT2D eigenvalue weighted by molar-refractivity contribution is 4.83. The van der Waals surface area contributed by atoms with Crippen molar-refractivity contribution in [2.75, 3.05) is 13.2 Å². The van der Waals surface area contributed by atoms with Gasteiger partial charge in [-0.2, -0.15) is 0 Å². The smallest absolute Gasteiger partial charge is 0.103 e. The standard InChI is InChI=1S/C18H38O5/c1-5-9-13(7-3)17(15(21)11-19)23-18(16(22)12-20)14(8-4)10-6-2/h13-22H,5-12H2,1-4H3. The number of hydrogen-bond acceptors (Lipinski definition) is 5. The third-order valence-corrected chi connectivity index (χ3v) is 4.74. The van der Waals surface area contributed by atoms with Crippen molar-refractivity contribution < 1.29 is 25.2 Å². The summed E-state index contributed by atoms with van der Waals surface area (Å²) in [5.74, 6) is 0.240. The first-order chi connectivity index (χ1) is 11.0. The van der Waals surface area contributed by atoms with Crippen molar-refractivity contribution >= 4 is 0 Å². The van der Waals surface area contributed by atoms with Crippen molar-refractivity contribution in [1.82, 2.24) is 0 Å². The highest BCUT2D eigenvalue weighted by Gasteiger charge is 2.35. The van der Waals surface area contributed by atoms with Gasteiger partial charge >= 0.3 is 0 Å². The Morgan fingerprint density at radius 1 is 0.696 bits per heavy atom. The van der Waals surface area contributed by atoms with Gasteiger partial charge in [0.15, 0.2) is 0 Å². The molecule has 0 radical (unpaired) electrons. The maximum absolute atomic E-state index is 10.2. The Morgan fingerprint density at radius 2 is 1.04 bits per heavy atom. The minimum atomic E-state index is -0.973. The molecule has 5 heteroatoms. The molecule has 0 aromatic heterocycles. The fourth-order valence-corrected chi connectivity index (χ4v) is 3.36. The van der Waals surface area contributed by atoms with Crippen molar-refractivity contribution in [1.29, 1.82) is 0 Å². The molecule has 140 valence electrons. The zero-order valence-electron chi connectivity index (χ0n) is 15.3. The summed E-state index contributed by atoms with van der Waals surface area (Å²) >= 11 is 0. The summed E-state index contributed by atoms with van der Waals surface area (Å²) < 4.78 is 6.15. The Bertz CT molecular complexity index is 248. The molecule has 0 aliphatic carbocycles. The van der Waals surface area contributed by atoms with Gasteiger partial charge in [-0.15, -0.1) is 0 Å². The van der Waals surface area contributed by atoms with Crippen LogP contribution in [0, 0.1) is 11.8 Å². The molecule has 6 unspecified atom stereocenters. The number of ether oxygens (including phenoxy) is 1. The fourth-order valence-electron chi connectivity index (χ4n) is 3.36. The average Bonchev–Trinajstić information content (AvgIpc) is 2.58. The van der Waals surface area contributed by atoms with Gasteiger partial charge in [-0.3, -0.25) is 0 Å². The zero-order valence-corrected chi connectivity index (χ0v) is 15.3. The predicted molar refractivity (Wildman–Crippen MR) is 92.2 cm³/mol. The average molecular weight is 334 g/mol. The quantitative estimate of drug-likeness (QED) is 0.391. The summed E-state index contributed by atoms with van der Waals surface area (Å²) in [7, 11) is 0. The third kappa shape index (κ3) is 7.48. The summed E-state index contributed by atoms with van der Waals surface area (Å²) in [4.78, 5) is 0. The minimum Gasteiger partial charge on any atom is -0.394 e. The van der Waals surface area contributed by atoms with Crippen LogP contribution in [0.15, 0.2) is 0 Å². The molecule has 0 fully saturated rings. The zero-order chi connectivity index (χ0) is 17.8. The van der Waals surface area contributed by atoms with E-state index in [9.17, 15) is 20.4 Å². The van der Waals surface area contributed by atoms with Crippen LogP contribution in [-0.4, -0.2) is 58.1 Å². The third-order valence-electron chi connectivity index (χ3n) is 4.74. The van der Waals surface area contributed by atoms with E-state index >= 15 is 0 Å². The lowest BCUT2D eigenvalue weighted by atomic mass is 9.88. The fraction of sp³-hybridized carbons (Fsp3) is 1.00. The topological polar surface area (TPSA) is 90.2 Å². The molecule has 0 amide bonds. The van der Waals surface area contributed by atoms with E-state index in [1.54, 1.807) is 0 Å². The van der Waals surface area contributed by atoms with Gasteiger partial charge in [0.1, 0.15) is 12.2 Å². The lowest BCUT2D eigenvalue weighted by Gasteiger charge is -2.37. The SMILES string of the molecule is CCCC(CC)C(OC(C(O)CO)C(CC)CCC)C(O)CO. The van der Waals surface area contributed by atoms with E-state index in [1.807, 2.05) is 13.8 Å². The maximum atomic E-state index is 10.2. The lowest BCUT2D eigenvalue weighted by molar-refractivity contribution is -0.169. The molecule has 23 heavy (non-hydrogen) atoms. The van der Waals surface area contributed by atoms with Crippen molar-refractivity contribution in [3.8, 4) is 0 Å². The number of aliphatic hydroxyl groups excluding tert-OH is 4. The van der Waals surface area contributed by atoms with Gasteiger partial charge in [0.05, 0.1) is 25.4 Å². The molecular formula is C18H38O5. The molecular weight excluding hydrogens is 296 g/mol. The molecule has 0 saturated heterocycles. The van der Waals surface area contributed by atoms with E-state index < -0.39 is 24.4 Å². The molecule has 0 aromatic carbocycles. The molecule has 4 N–H and O–H groups in total. The Hall–Kier alpha value is -0.200. The lowest BCUT2D eigenvalue weighted by Crippen LogP contribution is -2.47. The molecule has 6 atom stereocenters. The second-order valence-corrected chi connectivity index (χ2v) is 6.48. The Balaban J connectivity index is 5.30. The van der Waals surface area contributed by atoms with Crippen LogP contribution in [0.1, 0.15) is 66.2 Å². The largest absolute Gasteiger partial charge is 0.394 e. The van der Waals surface area contributed by atoms with Crippen LogP contribution in [0.5, 0.6) is 0 Å². The van der Waals surface area contributed by atoms with E-state index in [0.717, 1.165) is 38.5 Å². The summed E-state index contributed by atoms with van der Waals surface area (Å²) in [5, 5.41) is 39.2. The van der Waals surface area contributed by atoms with Crippen LogP contribution < -0.4 is 0 Å². The van der Waals surface area contributed by atoms with Crippen LogP contribution in [0.25, 0.3) is 0 Å². The van der Waals surface area contributed by atoms with Gasteiger partial charge in [0.25, 0.3) is 0 Å². The van der Waals surface area contributed by atoms with E-state index in [1.165, 1.54) is 0 Å². The van der Waals surface area contributed by atoms with Crippen LogP contribution in [0.3, 0.4) is 0 Å². The van der Waals surface area contributed by atoms with Crippen LogP contribution in [0.2, 0.25) is 0 Å². The number of rotatable bonds is 14. The molecule has 0 heterocycles. The van der Waals surface area contributed by atoms with Gasteiger partial charge in [-0.25, -0.2) is 0 Å². The number of aliphatic hydroxyl groups is 4. The molecule has 0 saturated carbocycles. The van der Waals surface area contributed by atoms with Gasteiger partial charge in [-0.05, 0) is 24.7 Å². The molecule has 0 aliphatic heterocycles. The van der Waals surface area contributed by atoms with Crippen LogP contribution >= 0.6 is 0 Å². The summed E-state index contributed by atoms with van der Waals surface area (Å²) in [5.41, 5.74) is 0. The molecule has 0 bridgehead atoms. The maximum Gasteiger partial charge on any atom is 0.103 e. The van der Waals surface area contributed by atoms with Gasteiger partial charge in [0, 0.05) is 0 Å². The monoisotopic (exact) mass is 334 g/mol. The first-order valence-corrected chi connectivity index (χ1v) is 9.23. The summed E-state index contributed by atoms with van der Waals surface area (Å²) in [6.45, 7) is 7.52. The van der Waals surface area contributed by atoms with E-state index in [4.69, 9.17) is 4.74 Å². The van der Waals surface area contributed by atoms with Gasteiger partial charge in [-0.1, -0.05) is 53.4 Å². The summed E-state index contributed by atoms with van der Waals surface area (Å²) in [6, 6.07) is 0. The molecule has 0 spiro atoms. The van der Waals surface area contributed by atoms with E-state index in [2.05, 4.69) is 13.8 Å². The Labute approximate surface area is 141 Å². The van der Waals surface area contributed by atoms with Crippen LogP contribution in [0.4, 0.5) is 0 Å². The number of hydrogen-bond donors (Lipinski definition) is 4. The first-order valence-electron chi connectivity index (χ1n) is 9.23. The van der Waals surface area contributed by atoms with Crippen molar-refractivity contribution in [2.45, 2.75) is 90.6 Å². The Morgan fingerprint density at radius 3 is 1.26 bits per heavy atom. The van der Waals surface area contributed by atoms with Crippen molar-refractivity contribution in [2.24, 2.45) is 11.8 Å². The highest BCUT2D eigenvalue weighted by atomic mass is 16.5. The molecule has 0 rings (SSSR count). The van der Waals surface area contributed by atoms with Crippen molar-refractivity contribution in [3.63, 3.8) is 0 Å². The van der Waals surface area contributed by atoms with E-state index in [0.29, 0.717) is 0 Å². The van der Waals surface area contributed by atoms with Gasteiger partial charge < -0.3 is 25.2 Å². The first kappa shape index (κ1) is 22.8. The highest BCUT2D eigenvalue weighted by Crippen LogP contribution is 2.28. The van der Waals surface area contributed by atoms with Crippen molar-refractivity contribution in [3.05, 3.63) is 0 Å². The normalized spacial score (nSPS) is 19.8. The molecule has 5 nitrogen and oxygen atoms in total. The molecule has 0 aromatic rings. The predicted octanol–water partition coefficient (Wildman–Crippen LogP) is 2.10. The second-order valence-electron chi connectivity index (χ2n) is 6.48. The minimum absolute atomic E-state index is 0.120. The Kier molecular flexibility index (Phi) is 13.0. The van der Waals surface area contributed by atoms with Crippen LogP contribution in [-0.2, 0) is 4.74 Å². The second kappa shape index (κ2) is 13.1. The summed E-state index contributed by atoms with van der Waals surface area (Å²) in [6.07, 6.45) is 2.40.